The summed E-state index contributed by atoms with van der Waals surface area (Å²) >= 11 is 6.25. The van der Waals surface area contributed by atoms with Crippen molar-refractivity contribution >= 4 is 23.4 Å². The van der Waals surface area contributed by atoms with Gasteiger partial charge in [-0.3, -0.25) is 14.5 Å². The van der Waals surface area contributed by atoms with Gasteiger partial charge < -0.3 is 15.1 Å². The Morgan fingerprint density at radius 1 is 1.00 bits per heavy atom. The van der Waals surface area contributed by atoms with Crippen molar-refractivity contribution < 1.29 is 9.59 Å². The van der Waals surface area contributed by atoms with Crippen LogP contribution in [0.2, 0.25) is 5.02 Å². The van der Waals surface area contributed by atoms with Crippen LogP contribution in [-0.2, 0) is 4.79 Å². The van der Waals surface area contributed by atoms with Gasteiger partial charge in [-0.05, 0) is 63.6 Å². The number of nitrogens with one attached hydrogen (secondary N) is 1. The number of halogens is 1. The van der Waals surface area contributed by atoms with E-state index in [-0.39, 0.29) is 17.9 Å². The van der Waals surface area contributed by atoms with Gasteiger partial charge in [0.05, 0.1) is 16.6 Å². The highest BCUT2D eigenvalue weighted by Crippen LogP contribution is 2.31. The van der Waals surface area contributed by atoms with E-state index < -0.39 is 0 Å². The molecule has 2 aliphatic heterocycles. The molecule has 1 aromatic rings. The van der Waals surface area contributed by atoms with E-state index in [2.05, 4.69) is 22.0 Å². The molecule has 0 aromatic heterocycles. The fourth-order valence-electron chi connectivity index (χ4n) is 6.05. The zero-order valence-corrected chi connectivity index (χ0v) is 21.4. The van der Waals surface area contributed by atoms with Crippen LogP contribution in [0.15, 0.2) is 24.3 Å². The summed E-state index contributed by atoms with van der Waals surface area (Å²) in [5.74, 6) is 0.594. The van der Waals surface area contributed by atoms with E-state index in [9.17, 15) is 9.59 Å². The van der Waals surface area contributed by atoms with Crippen molar-refractivity contribution in [1.29, 1.82) is 0 Å². The van der Waals surface area contributed by atoms with Gasteiger partial charge in [0, 0.05) is 45.3 Å². The highest BCUT2D eigenvalue weighted by molar-refractivity contribution is 6.33. The minimum Gasteiger partial charge on any atom is -0.355 e. The Labute approximate surface area is 210 Å². The Balaban J connectivity index is 1.29. The molecule has 6 nitrogen and oxygen atoms in total. The number of carbonyl (C=O) groups is 2. The number of piperidine rings is 1. The lowest BCUT2D eigenvalue weighted by atomic mass is 9.95. The SMILES string of the molecule is C[C@@H]1CCCCN1CCCNC(=O)[C@@H](C1CCCC1)N1CCN(C(=O)c2ccccc2Cl)CC1. The van der Waals surface area contributed by atoms with Gasteiger partial charge in [0.1, 0.15) is 0 Å². The van der Waals surface area contributed by atoms with Gasteiger partial charge in [-0.2, -0.15) is 0 Å². The topological polar surface area (TPSA) is 55.9 Å². The molecule has 1 aromatic carbocycles. The summed E-state index contributed by atoms with van der Waals surface area (Å²) in [5.41, 5.74) is 0.561. The third kappa shape index (κ3) is 6.32. The molecule has 1 aliphatic carbocycles. The summed E-state index contributed by atoms with van der Waals surface area (Å²) in [4.78, 5) is 33.1. The number of carbonyl (C=O) groups excluding carboxylic acids is 2. The number of nitrogens with zero attached hydrogens (tertiary/aromatic N) is 3. The highest BCUT2D eigenvalue weighted by Gasteiger charge is 2.37. The smallest absolute Gasteiger partial charge is 0.255 e. The van der Waals surface area contributed by atoms with E-state index in [1.165, 1.54) is 38.6 Å². The van der Waals surface area contributed by atoms with Crippen molar-refractivity contribution in [1.82, 2.24) is 20.0 Å². The van der Waals surface area contributed by atoms with E-state index in [1.807, 2.05) is 17.0 Å². The van der Waals surface area contributed by atoms with Crippen molar-refractivity contribution in [2.45, 2.75) is 70.4 Å². The lowest BCUT2D eigenvalue weighted by Crippen LogP contribution is -2.58. The summed E-state index contributed by atoms with van der Waals surface area (Å²) in [6.45, 7) is 8.06. The molecule has 2 atom stereocenters. The minimum absolute atomic E-state index is 0.0148. The molecule has 4 rings (SSSR count). The molecule has 2 heterocycles. The average Bonchev–Trinajstić information content (AvgIpc) is 3.38. The highest BCUT2D eigenvalue weighted by atomic mass is 35.5. The molecule has 3 aliphatic rings. The lowest BCUT2D eigenvalue weighted by molar-refractivity contribution is -0.129. The number of likely N-dealkylation sites (tertiary alicyclic amines) is 1. The third-order valence-electron chi connectivity index (χ3n) is 8.08. The van der Waals surface area contributed by atoms with Crippen LogP contribution in [0.5, 0.6) is 0 Å². The van der Waals surface area contributed by atoms with E-state index in [1.54, 1.807) is 12.1 Å². The number of hydrogen-bond donors (Lipinski definition) is 1. The third-order valence-corrected chi connectivity index (χ3v) is 8.41. The fourth-order valence-corrected chi connectivity index (χ4v) is 6.26. The Morgan fingerprint density at radius 2 is 1.71 bits per heavy atom. The van der Waals surface area contributed by atoms with Crippen LogP contribution in [-0.4, -0.2) is 84.4 Å². The number of piperazine rings is 1. The Morgan fingerprint density at radius 3 is 2.41 bits per heavy atom. The van der Waals surface area contributed by atoms with Crippen LogP contribution < -0.4 is 5.32 Å². The van der Waals surface area contributed by atoms with Gasteiger partial charge in [0.25, 0.3) is 5.91 Å². The first-order valence-electron chi connectivity index (χ1n) is 13.3. The molecule has 1 saturated carbocycles. The second-order valence-corrected chi connectivity index (χ2v) is 10.7. The van der Waals surface area contributed by atoms with E-state index in [0.717, 1.165) is 45.4 Å². The van der Waals surface area contributed by atoms with Gasteiger partial charge in [0.2, 0.25) is 5.91 Å². The van der Waals surface area contributed by atoms with Crippen LogP contribution >= 0.6 is 11.6 Å². The predicted octanol–water partition coefficient (Wildman–Crippen LogP) is 4.04. The molecular weight excluding hydrogens is 448 g/mol. The molecule has 2 amide bonds. The molecule has 7 heteroatoms. The minimum atomic E-state index is -0.0750. The Kier molecular flexibility index (Phi) is 9.26. The maximum absolute atomic E-state index is 13.4. The standard InChI is InChI=1S/C27H41ClN4O2/c1-21-9-6-7-15-30(21)16-8-14-29-26(33)25(22-10-2-3-11-22)31-17-19-32(20-18-31)27(34)23-12-4-5-13-24(23)28/h4-5,12-13,21-22,25H,2-3,6-11,14-20H2,1H3,(H,29,33)/t21-,25-/m1/s1. The molecule has 1 N–H and O–H groups in total. The monoisotopic (exact) mass is 488 g/mol. The summed E-state index contributed by atoms with van der Waals surface area (Å²) in [6.07, 6.45) is 9.62. The summed E-state index contributed by atoms with van der Waals surface area (Å²) in [7, 11) is 0. The van der Waals surface area contributed by atoms with Crippen molar-refractivity contribution in [3.8, 4) is 0 Å². The lowest BCUT2D eigenvalue weighted by Gasteiger charge is -2.41. The zero-order valence-electron chi connectivity index (χ0n) is 20.7. The molecular formula is C27H41ClN4O2. The Hall–Kier alpha value is -1.63. The van der Waals surface area contributed by atoms with Crippen LogP contribution in [0, 0.1) is 5.92 Å². The second kappa shape index (κ2) is 12.4. The van der Waals surface area contributed by atoms with Gasteiger partial charge in [-0.1, -0.05) is 43.0 Å². The molecule has 0 radical (unpaired) electrons. The fraction of sp³-hybridized carbons (Fsp3) is 0.704. The van der Waals surface area contributed by atoms with Crippen LogP contribution in [0.4, 0.5) is 0 Å². The molecule has 0 spiro atoms. The molecule has 0 bridgehead atoms. The molecule has 188 valence electrons. The van der Waals surface area contributed by atoms with Crippen LogP contribution in [0.1, 0.15) is 68.6 Å². The quantitative estimate of drug-likeness (QED) is 0.561. The maximum atomic E-state index is 13.4. The first kappa shape index (κ1) is 25.5. The average molecular weight is 489 g/mol. The number of amides is 2. The molecule has 0 unspecified atom stereocenters. The molecule has 34 heavy (non-hydrogen) atoms. The van der Waals surface area contributed by atoms with Gasteiger partial charge in [0.15, 0.2) is 0 Å². The van der Waals surface area contributed by atoms with Gasteiger partial charge in [-0.15, -0.1) is 0 Å². The first-order chi connectivity index (χ1) is 16.5. The Bertz CT molecular complexity index is 821. The van der Waals surface area contributed by atoms with Gasteiger partial charge >= 0.3 is 0 Å². The molecule has 2 saturated heterocycles. The normalized spacial score (nSPS) is 23.7. The van der Waals surface area contributed by atoms with E-state index in [0.29, 0.717) is 35.6 Å². The van der Waals surface area contributed by atoms with Crippen LogP contribution in [0.3, 0.4) is 0 Å². The number of rotatable bonds is 8. The largest absolute Gasteiger partial charge is 0.355 e. The zero-order chi connectivity index (χ0) is 23.9. The van der Waals surface area contributed by atoms with E-state index >= 15 is 0 Å². The van der Waals surface area contributed by atoms with Crippen molar-refractivity contribution in [2.24, 2.45) is 5.92 Å². The number of benzene rings is 1. The summed E-state index contributed by atoms with van der Waals surface area (Å²) in [5, 5.41) is 3.77. The number of hydrogen-bond acceptors (Lipinski definition) is 4. The first-order valence-corrected chi connectivity index (χ1v) is 13.7. The predicted molar refractivity (Wildman–Crippen MR) is 137 cm³/mol. The summed E-state index contributed by atoms with van der Waals surface area (Å²) < 4.78 is 0. The summed E-state index contributed by atoms with van der Waals surface area (Å²) in [6, 6.07) is 7.83. The molecule has 3 fully saturated rings. The maximum Gasteiger partial charge on any atom is 0.255 e. The van der Waals surface area contributed by atoms with E-state index in [4.69, 9.17) is 11.6 Å². The second-order valence-electron chi connectivity index (χ2n) is 10.3. The van der Waals surface area contributed by atoms with Crippen molar-refractivity contribution in [3.63, 3.8) is 0 Å². The van der Waals surface area contributed by atoms with Crippen molar-refractivity contribution in [2.75, 3.05) is 45.8 Å². The van der Waals surface area contributed by atoms with Crippen LogP contribution in [0.25, 0.3) is 0 Å². The van der Waals surface area contributed by atoms with Crippen molar-refractivity contribution in [3.05, 3.63) is 34.9 Å². The van der Waals surface area contributed by atoms with Gasteiger partial charge in [-0.25, -0.2) is 0 Å².